The molecule has 0 aromatic heterocycles. The maximum Gasteiger partial charge on any atom is 0.408 e. The second-order valence-corrected chi connectivity index (χ2v) is 7.69. The molecular formula is C16H32N2O3. The van der Waals surface area contributed by atoms with E-state index in [2.05, 4.69) is 5.32 Å². The van der Waals surface area contributed by atoms with Gasteiger partial charge in [-0.3, -0.25) is 4.79 Å². The second-order valence-electron chi connectivity index (χ2n) is 7.69. The van der Waals surface area contributed by atoms with Gasteiger partial charge in [-0.2, -0.15) is 0 Å². The van der Waals surface area contributed by atoms with Gasteiger partial charge in [0.15, 0.2) is 5.78 Å². The number of Topliss-reactive ketones (excluding diaryl/α,β-unsaturated/α-hetero) is 1. The summed E-state index contributed by atoms with van der Waals surface area (Å²) in [7, 11) is 0. The third-order valence-corrected chi connectivity index (χ3v) is 2.73. The van der Waals surface area contributed by atoms with Crippen molar-refractivity contribution in [3.63, 3.8) is 0 Å². The number of nitrogens with one attached hydrogen (secondary N) is 1. The van der Waals surface area contributed by atoms with E-state index >= 15 is 0 Å². The maximum atomic E-state index is 12.4. The van der Waals surface area contributed by atoms with E-state index in [0.29, 0.717) is 19.4 Å². The number of unbranched alkanes of at least 4 members (excludes halogenated alkanes) is 1. The van der Waals surface area contributed by atoms with Crippen LogP contribution in [0.2, 0.25) is 0 Å². The molecule has 0 spiro atoms. The lowest BCUT2D eigenvalue weighted by atomic mass is 9.87. The van der Waals surface area contributed by atoms with Crippen LogP contribution in [0.4, 0.5) is 4.79 Å². The van der Waals surface area contributed by atoms with E-state index in [9.17, 15) is 9.59 Å². The Balaban J connectivity index is 4.65. The fourth-order valence-corrected chi connectivity index (χ4v) is 1.90. The summed E-state index contributed by atoms with van der Waals surface area (Å²) >= 11 is 0. The van der Waals surface area contributed by atoms with E-state index in [4.69, 9.17) is 10.5 Å². The Kier molecular flexibility index (Phi) is 7.93. The Morgan fingerprint density at radius 1 is 1.10 bits per heavy atom. The second kappa shape index (κ2) is 8.37. The first-order valence-corrected chi connectivity index (χ1v) is 7.67. The predicted octanol–water partition coefficient (Wildman–Crippen LogP) is 3.01. The molecule has 3 N–H and O–H groups in total. The van der Waals surface area contributed by atoms with Crippen LogP contribution in [0.25, 0.3) is 0 Å². The molecular weight excluding hydrogens is 268 g/mol. The molecule has 0 saturated carbocycles. The molecule has 5 nitrogen and oxygen atoms in total. The Bertz CT molecular complexity index is 340. The van der Waals surface area contributed by atoms with Gasteiger partial charge in [0.1, 0.15) is 5.60 Å². The first-order chi connectivity index (χ1) is 9.44. The largest absolute Gasteiger partial charge is 0.444 e. The van der Waals surface area contributed by atoms with Gasteiger partial charge in [-0.1, -0.05) is 20.8 Å². The number of amides is 1. The minimum Gasteiger partial charge on any atom is -0.444 e. The van der Waals surface area contributed by atoms with E-state index in [0.717, 1.165) is 12.8 Å². The zero-order valence-electron chi connectivity index (χ0n) is 14.4. The fraction of sp³-hybridized carbons (Fsp3) is 0.875. The summed E-state index contributed by atoms with van der Waals surface area (Å²) in [5.41, 5.74) is 4.81. The monoisotopic (exact) mass is 300 g/mol. The summed E-state index contributed by atoms with van der Waals surface area (Å²) in [5.74, 6) is 0.0466. The molecule has 1 amide bonds. The molecule has 124 valence electrons. The number of rotatable bonds is 7. The molecule has 0 aliphatic carbocycles. The number of nitrogens with two attached hydrogens (primary N) is 1. The number of ether oxygens (including phenoxy) is 1. The van der Waals surface area contributed by atoms with Crippen LogP contribution in [-0.2, 0) is 9.53 Å². The highest BCUT2D eigenvalue weighted by atomic mass is 16.6. The van der Waals surface area contributed by atoms with Gasteiger partial charge in [0.05, 0.1) is 6.04 Å². The third-order valence-electron chi connectivity index (χ3n) is 2.73. The molecule has 0 heterocycles. The third kappa shape index (κ3) is 11.3. The van der Waals surface area contributed by atoms with Crippen LogP contribution in [0.1, 0.15) is 67.2 Å². The van der Waals surface area contributed by atoms with E-state index in [-0.39, 0.29) is 11.2 Å². The molecule has 0 aliphatic rings. The van der Waals surface area contributed by atoms with Crippen molar-refractivity contribution in [3.05, 3.63) is 0 Å². The van der Waals surface area contributed by atoms with Crippen molar-refractivity contribution in [2.75, 3.05) is 6.54 Å². The van der Waals surface area contributed by atoms with Crippen molar-refractivity contribution in [3.8, 4) is 0 Å². The van der Waals surface area contributed by atoms with Crippen molar-refractivity contribution in [1.82, 2.24) is 5.32 Å². The van der Waals surface area contributed by atoms with Gasteiger partial charge >= 0.3 is 6.09 Å². The van der Waals surface area contributed by atoms with Gasteiger partial charge in [0.25, 0.3) is 0 Å². The maximum absolute atomic E-state index is 12.4. The van der Waals surface area contributed by atoms with Gasteiger partial charge in [-0.05, 0) is 52.0 Å². The van der Waals surface area contributed by atoms with Crippen LogP contribution in [0, 0.1) is 5.41 Å². The summed E-state index contributed by atoms with van der Waals surface area (Å²) in [6, 6.07) is -0.495. The molecule has 5 heteroatoms. The van der Waals surface area contributed by atoms with Gasteiger partial charge < -0.3 is 15.8 Å². The zero-order valence-corrected chi connectivity index (χ0v) is 14.4. The van der Waals surface area contributed by atoms with E-state index in [1.807, 2.05) is 20.8 Å². The molecule has 0 aliphatic heterocycles. The number of carbonyl (C=O) groups excluding carboxylic acids is 2. The zero-order chi connectivity index (χ0) is 16.7. The molecule has 21 heavy (non-hydrogen) atoms. The summed E-state index contributed by atoms with van der Waals surface area (Å²) in [4.78, 5) is 24.2. The predicted molar refractivity (Wildman–Crippen MR) is 85.1 cm³/mol. The van der Waals surface area contributed by atoms with Crippen molar-refractivity contribution < 1.29 is 14.3 Å². The van der Waals surface area contributed by atoms with Crippen molar-refractivity contribution in [1.29, 1.82) is 0 Å². The Morgan fingerprint density at radius 3 is 2.10 bits per heavy atom. The average molecular weight is 300 g/mol. The normalized spacial score (nSPS) is 13.7. The summed E-state index contributed by atoms with van der Waals surface area (Å²) < 4.78 is 5.23. The van der Waals surface area contributed by atoms with Crippen LogP contribution in [0.5, 0.6) is 0 Å². The Hall–Kier alpha value is -1.10. The van der Waals surface area contributed by atoms with Gasteiger partial charge in [-0.25, -0.2) is 4.79 Å². The van der Waals surface area contributed by atoms with Crippen LogP contribution < -0.4 is 11.1 Å². The van der Waals surface area contributed by atoms with Gasteiger partial charge in [-0.15, -0.1) is 0 Å². The standard InChI is InChI=1S/C16H32N2O3/c1-15(2,3)11-13(19)12(9-7-8-10-17)18-14(20)21-16(4,5)6/h12H,7-11,17H2,1-6H3,(H,18,20). The highest BCUT2D eigenvalue weighted by molar-refractivity contribution is 5.87. The minimum atomic E-state index is -0.570. The van der Waals surface area contributed by atoms with Crippen LogP contribution >= 0.6 is 0 Å². The Labute approximate surface area is 129 Å². The number of alkyl carbamates (subject to hydrolysis) is 1. The lowest BCUT2D eigenvalue weighted by Gasteiger charge is -2.25. The first-order valence-electron chi connectivity index (χ1n) is 7.67. The quantitative estimate of drug-likeness (QED) is 0.708. The van der Waals surface area contributed by atoms with Crippen LogP contribution in [-0.4, -0.2) is 30.1 Å². The number of hydrogen-bond donors (Lipinski definition) is 2. The van der Waals surface area contributed by atoms with Gasteiger partial charge in [0, 0.05) is 6.42 Å². The van der Waals surface area contributed by atoms with Crippen molar-refractivity contribution >= 4 is 11.9 Å². The highest BCUT2D eigenvalue weighted by Gasteiger charge is 2.26. The molecule has 0 aromatic carbocycles. The number of hydrogen-bond acceptors (Lipinski definition) is 4. The SMILES string of the molecule is CC(C)(C)CC(=O)C(CCCCN)NC(=O)OC(C)(C)C. The van der Waals surface area contributed by atoms with E-state index < -0.39 is 17.7 Å². The van der Waals surface area contributed by atoms with Crippen LogP contribution in [0.15, 0.2) is 0 Å². The summed E-state index contributed by atoms with van der Waals surface area (Å²) in [6.07, 6.45) is 2.14. The number of ketones is 1. The van der Waals surface area contributed by atoms with E-state index in [1.165, 1.54) is 0 Å². The molecule has 0 saturated heterocycles. The molecule has 0 aromatic rings. The molecule has 0 radical (unpaired) electrons. The van der Waals surface area contributed by atoms with Crippen molar-refractivity contribution in [2.24, 2.45) is 11.1 Å². The summed E-state index contributed by atoms with van der Waals surface area (Å²) in [6.45, 7) is 12.0. The summed E-state index contributed by atoms with van der Waals surface area (Å²) in [5, 5.41) is 2.70. The topological polar surface area (TPSA) is 81.4 Å². The molecule has 1 unspecified atom stereocenters. The van der Waals surface area contributed by atoms with Crippen molar-refractivity contribution in [2.45, 2.75) is 78.9 Å². The van der Waals surface area contributed by atoms with Gasteiger partial charge in [0.2, 0.25) is 0 Å². The first kappa shape index (κ1) is 19.9. The van der Waals surface area contributed by atoms with Crippen LogP contribution in [0.3, 0.4) is 0 Å². The lowest BCUT2D eigenvalue weighted by molar-refractivity contribution is -0.123. The average Bonchev–Trinajstić information content (AvgIpc) is 2.22. The molecule has 0 bridgehead atoms. The number of carbonyl (C=O) groups is 2. The minimum absolute atomic E-state index is 0.0466. The molecule has 0 fully saturated rings. The smallest absolute Gasteiger partial charge is 0.408 e. The Morgan fingerprint density at radius 2 is 1.67 bits per heavy atom. The fourth-order valence-electron chi connectivity index (χ4n) is 1.90. The molecule has 0 rings (SSSR count). The molecule has 1 atom stereocenters. The highest BCUT2D eigenvalue weighted by Crippen LogP contribution is 2.21. The lowest BCUT2D eigenvalue weighted by Crippen LogP contribution is -2.44. The van der Waals surface area contributed by atoms with E-state index in [1.54, 1.807) is 20.8 Å².